The van der Waals surface area contributed by atoms with Gasteiger partial charge in [0, 0.05) is 26.4 Å². The largest absolute Gasteiger partial charge is 0.493 e. The molecule has 0 radical (unpaired) electrons. The van der Waals surface area contributed by atoms with Crippen LogP contribution in [0.2, 0.25) is 0 Å². The highest BCUT2D eigenvalue weighted by molar-refractivity contribution is 5.78. The fraction of sp³-hybridized carbons (Fsp3) is 0.500. The van der Waals surface area contributed by atoms with Crippen molar-refractivity contribution in [2.24, 2.45) is 0 Å². The van der Waals surface area contributed by atoms with Gasteiger partial charge < -0.3 is 14.4 Å². The molecular formula is C16H21NO4. The van der Waals surface area contributed by atoms with Crippen LogP contribution in [0.3, 0.4) is 0 Å². The molecule has 0 N–H and O–H groups in total. The Labute approximate surface area is 124 Å². The third kappa shape index (κ3) is 4.21. The van der Waals surface area contributed by atoms with Crippen molar-refractivity contribution in [3.63, 3.8) is 0 Å². The van der Waals surface area contributed by atoms with Crippen molar-refractivity contribution in [3.8, 4) is 5.75 Å². The number of benzene rings is 1. The van der Waals surface area contributed by atoms with Gasteiger partial charge >= 0.3 is 5.97 Å². The Balaban J connectivity index is 1.82. The Hall–Kier alpha value is -2.04. The van der Waals surface area contributed by atoms with Crippen LogP contribution in [0.15, 0.2) is 18.2 Å². The number of ether oxygens (including phenoxy) is 2. The molecule has 1 aliphatic heterocycles. The lowest BCUT2D eigenvalue weighted by atomic mass is 10.1. The smallest absolute Gasteiger partial charge is 0.305 e. The van der Waals surface area contributed by atoms with Crippen LogP contribution in [-0.4, -0.2) is 44.1 Å². The number of hydrogen-bond donors (Lipinski definition) is 0. The fourth-order valence-electron chi connectivity index (χ4n) is 2.35. The van der Waals surface area contributed by atoms with Gasteiger partial charge in [-0.1, -0.05) is 12.1 Å². The van der Waals surface area contributed by atoms with Crippen molar-refractivity contribution in [1.82, 2.24) is 4.90 Å². The zero-order valence-electron chi connectivity index (χ0n) is 12.6. The Morgan fingerprint density at radius 3 is 2.95 bits per heavy atom. The normalized spacial score (nSPS) is 12.5. The van der Waals surface area contributed by atoms with Gasteiger partial charge in [0.1, 0.15) is 5.75 Å². The lowest BCUT2D eigenvalue weighted by Gasteiger charge is -2.17. The predicted octanol–water partition coefficient (Wildman–Crippen LogP) is 1.58. The van der Waals surface area contributed by atoms with Gasteiger partial charge in [0.2, 0.25) is 5.91 Å². The third-order valence-electron chi connectivity index (χ3n) is 3.64. The second-order valence-corrected chi connectivity index (χ2v) is 5.21. The van der Waals surface area contributed by atoms with Crippen LogP contribution in [0.5, 0.6) is 5.75 Å². The minimum atomic E-state index is -0.241. The number of rotatable bonds is 6. The molecule has 0 fully saturated rings. The number of carbonyl (C=O) groups is 2. The number of methoxy groups -OCH3 is 1. The number of likely N-dealkylation sites (N-methyl/N-ethyl adjacent to an activating group) is 1. The van der Waals surface area contributed by atoms with E-state index in [0.29, 0.717) is 25.8 Å². The van der Waals surface area contributed by atoms with Crippen LogP contribution in [0.25, 0.3) is 0 Å². The molecule has 114 valence electrons. The average Bonchev–Trinajstić information content (AvgIpc) is 2.94. The number of carbonyl (C=O) groups excluding carboxylic acids is 2. The average molecular weight is 291 g/mol. The van der Waals surface area contributed by atoms with Crippen molar-refractivity contribution in [3.05, 3.63) is 29.3 Å². The Morgan fingerprint density at radius 2 is 2.19 bits per heavy atom. The van der Waals surface area contributed by atoms with Crippen LogP contribution >= 0.6 is 0 Å². The zero-order valence-corrected chi connectivity index (χ0v) is 12.6. The lowest BCUT2D eigenvalue weighted by Crippen LogP contribution is -2.29. The van der Waals surface area contributed by atoms with Gasteiger partial charge in [0.15, 0.2) is 0 Å². The van der Waals surface area contributed by atoms with E-state index in [2.05, 4.69) is 4.74 Å². The molecule has 0 bridgehead atoms. The van der Waals surface area contributed by atoms with E-state index >= 15 is 0 Å². The molecule has 0 atom stereocenters. The van der Waals surface area contributed by atoms with Gasteiger partial charge in [-0.3, -0.25) is 9.59 Å². The standard InChI is InChI=1S/C16H21NO4/c1-17(8-3-4-16(19)20-2)15(18)11-12-5-6-14-13(10-12)7-9-21-14/h5-6,10H,3-4,7-9,11H2,1-2H3. The Morgan fingerprint density at radius 1 is 1.38 bits per heavy atom. The summed E-state index contributed by atoms with van der Waals surface area (Å²) in [6.45, 7) is 1.28. The summed E-state index contributed by atoms with van der Waals surface area (Å²) in [7, 11) is 3.13. The van der Waals surface area contributed by atoms with Crippen LogP contribution in [0.1, 0.15) is 24.0 Å². The van der Waals surface area contributed by atoms with Gasteiger partial charge in [-0.2, -0.15) is 0 Å². The first-order chi connectivity index (χ1) is 10.1. The number of esters is 1. The van der Waals surface area contributed by atoms with Crippen molar-refractivity contribution >= 4 is 11.9 Å². The van der Waals surface area contributed by atoms with Crippen molar-refractivity contribution in [2.75, 3.05) is 27.3 Å². The highest BCUT2D eigenvalue weighted by atomic mass is 16.5. The monoisotopic (exact) mass is 291 g/mol. The van der Waals surface area contributed by atoms with Crippen molar-refractivity contribution in [1.29, 1.82) is 0 Å². The first-order valence-corrected chi connectivity index (χ1v) is 7.15. The summed E-state index contributed by atoms with van der Waals surface area (Å²) in [5.74, 6) is 0.742. The quantitative estimate of drug-likeness (QED) is 0.747. The number of nitrogens with zero attached hydrogens (tertiary/aromatic N) is 1. The minimum Gasteiger partial charge on any atom is -0.493 e. The molecule has 0 aromatic heterocycles. The topological polar surface area (TPSA) is 55.8 Å². The highest BCUT2D eigenvalue weighted by Gasteiger charge is 2.15. The summed E-state index contributed by atoms with van der Waals surface area (Å²) < 4.78 is 10.0. The zero-order chi connectivity index (χ0) is 15.2. The molecule has 1 aromatic rings. The summed E-state index contributed by atoms with van der Waals surface area (Å²) in [5, 5.41) is 0. The van der Waals surface area contributed by atoms with E-state index in [-0.39, 0.29) is 11.9 Å². The third-order valence-corrected chi connectivity index (χ3v) is 3.64. The van der Waals surface area contributed by atoms with E-state index in [0.717, 1.165) is 24.3 Å². The number of hydrogen-bond acceptors (Lipinski definition) is 4. The van der Waals surface area contributed by atoms with E-state index < -0.39 is 0 Å². The molecule has 0 aliphatic carbocycles. The number of fused-ring (bicyclic) bond motifs is 1. The van der Waals surface area contributed by atoms with Crippen LogP contribution in [-0.2, 0) is 27.2 Å². The summed E-state index contributed by atoms with van der Waals surface area (Å²) in [4.78, 5) is 24.8. The van der Waals surface area contributed by atoms with E-state index in [1.807, 2.05) is 18.2 Å². The highest BCUT2D eigenvalue weighted by Crippen LogP contribution is 2.26. The van der Waals surface area contributed by atoms with E-state index in [1.54, 1.807) is 11.9 Å². The molecule has 2 rings (SSSR count). The summed E-state index contributed by atoms with van der Waals surface area (Å²) >= 11 is 0. The van der Waals surface area contributed by atoms with Gasteiger partial charge in [0.05, 0.1) is 20.1 Å². The Kier molecular flexibility index (Phi) is 5.20. The molecule has 0 saturated heterocycles. The van der Waals surface area contributed by atoms with Crippen LogP contribution in [0, 0.1) is 0 Å². The van der Waals surface area contributed by atoms with Gasteiger partial charge in [-0.25, -0.2) is 0 Å². The molecule has 1 amide bonds. The lowest BCUT2D eigenvalue weighted by molar-refractivity contribution is -0.141. The molecule has 0 spiro atoms. The molecule has 1 aromatic carbocycles. The summed E-state index contributed by atoms with van der Waals surface area (Å²) in [6, 6.07) is 5.91. The first-order valence-electron chi connectivity index (χ1n) is 7.15. The van der Waals surface area contributed by atoms with Gasteiger partial charge in [-0.05, 0) is 23.6 Å². The van der Waals surface area contributed by atoms with Crippen molar-refractivity contribution < 1.29 is 19.1 Å². The molecule has 0 unspecified atom stereocenters. The molecule has 5 nitrogen and oxygen atoms in total. The van der Waals surface area contributed by atoms with E-state index in [9.17, 15) is 9.59 Å². The predicted molar refractivity (Wildman–Crippen MR) is 78.2 cm³/mol. The molecule has 1 aliphatic rings. The van der Waals surface area contributed by atoms with Crippen LogP contribution < -0.4 is 4.74 Å². The van der Waals surface area contributed by atoms with E-state index in [1.165, 1.54) is 12.7 Å². The summed E-state index contributed by atoms with van der Waals surface area (Å²) in [5.41, 5.74) is 2.18. The maximum Gasteiger partial charge on any atom is 0.305 e. The molecule has 1 heterocycles. The summed E-state index contributed by atoms with van der Waals surface area (Å²) in [6.07, 6.45) is 2.24. The van der Waals surface area contributed by atoms with E-state index in [4.69, 9.17) is 4.74 Å². The maximum absolute atomic E-state index is 12.1. The molecule has 21 heavy (non-hydrogen) atoms. The SMILES string of the molecule is COC(=O)CCCN(C)C(=O)Cc1ccc2c(c1)CCO2. The second kappa shape index (κ2) is 7.11. The van der Waals surface area contributed by atoms with Gasteiger partial charge in [-0.15, -0.1) is 0 Å². The van der Waals surface area contributed by atoms with Gasteiger partial charge in [0.25, 0.3) is 0 Å². The molecule has 5 heteroatoms. The first kappa shape index (κ1) is 15.4. The number of amides is 1. The molecular weight excluding hydrogens is 270 g/mol. The van der Waals surface area contributed by atoms with Crippen LogP contribution in [0.4, 0.5) is 0 Å². The molecule has 0 saturated carbocycles. The minimum absolute atomic E-state index is 0.0544. The second-order valence-electron chi connectivity index (χ2n) is 5.21. The maximum atomic E-state index is 12.1. The fourth-order valence-corrected chi connectivity index (χ4v) is 2.35. The Bertz CT molecular complexity index is 527. The van der Waals surface area contributed by atoms with Crippen molar-refractivity contribution in [2.45, 2.75) is 25.7 Å².